The molecular formula is C21H24N4O2. The Labute approximate surface area is 159 Å². The molecule has 0 spiro atoms. The van der Waals surface area contributed by atoms with Gasteiger partial charge in [-0.2, -0.15) is 5.10 Å². The van der Waals surface area contributed by atoms with E-state index in [1.807, 2.05) is 61.6 Å². The number of carbonyl (C=O) groups excluding carboxylic acids is 1. The fourth-order valence-electron chi connectivity index (χ4n) is 2.74. The lowest BCUT2D eigenvalue weighted by atomic mass is 10.1. The van der Waals surface area contributed by atoms with Gasteiger partial charge >= 0.3 is 0 Å². The number of hydrogen-bond acceptors (Lipinski definition) is 4. The summed E-state index contributed by atoms with van der Waals surface area (Å²) >= 11 is 0. The van der Waals surface area contributed by atoms with Crippen LogP contribution in [0.1, 0.15) is 17.4 Å². The van der Waals surface area contributed by atoms with Crippen LogP contribution in [0.15, 0.2) is 60.7 Å². The molecule has 140 valence electrons. The van der Waals surface area contributed by atoms with Gasteiger partial charge in [0.2, 0.25) is 0 Å². The maximum absolute atomic E-state index is 12.4. The van der Waals surface area contributed by atoms with Crippen LogP contribution >= 0.6 is 0 Å². The third kappa shape index (κ3) is 4.47. The first kappa shape index (κ1) is 18.5. The molecule has 0 aliphatic heterocycles. The topological polar surface area (TPSA) is 70.2 Å². The van der Waals surface area contributed by atoms with Gasteiger partial charge in [-0.1, -0.05) is 18.2 Å². The Kier molecular flexibility index (Phi) is 5.76. The van der Waals surface area contributed by atoms with Crippen molar-refractivity contribution in [2.45, 2.75) is 13.0 Å². The molecule has 1 aromatic heterocycles. The second-order valence-electron chi connectivity index (χ2n) is 6.40. The molecule has 6 nitrogen and oxygen atoms in total. The van der Waals surface area contributed by atoms with Gasteiger partial charge in [0.05, 0.1) is 12.8 Å². The van der Waals surface area contributed by atoms with Crippen LogP contribution < -0.4 is 15.0 Å². The summed E-state index contributed by atoms with van der Waals surface area (Å²) in [5.74, 6) is 0.611. The standard InChI is InChI=1S/C21H24N4O2/c1-15(25(2)17-7-5-4-6-8-17)14-22-21(26)20-13-19(23-24-20)16-9-11-18(27-3)12-10-16/h4-13,15H,14H2,1-3H3,(H,22,26)(H,23,24)/t15-/m0/s1. The first-order valence-electron chi connectivity index (χ1n) is 8.84. The summed E-state index contributed by atoms with van der Waals surface area (Å²) in [4.78, 5) is 14.6. The van der Waals surface area contributed by atoms with Crippen molar-refractivity contribution >= 4 is 11.6 Å². The van der Waals surface area contributed by atoms with E-state index < -0.39 is 0 Å². The molecule has 0 radical (unpaired) electrons. The Balaban J connectivity index is 1.59. The summed E-state index contributed by atoms with van der Waals surface area (Å²) in [5.41, 5.74) is 3.19. The third-order valence-corrected chi connectivity index (χ3v) is 4.59. The van der Waals surface area contributed by atoms with Crippen molar-refractivity contribution in [1.82, 2.24) is 15.5 Å². The molecule has 0 saturated carbocycles. The maximum atomic E-state index is 12.4. The molecule has 2 aromatic carbocycles. The van der Waals surface area contributed by atoms with Gasteiger partial charge in [0.1, 0.15) is 11.4 Å². The van der Waals surface area contributed by atoms with Crippen LogP contribution in [-0.2, 0) is 0 Å². The lowest BCUT2D eigenvalue weighted by molar-refractivity contribution is 0.0946. The highest BCUT2D eigenvalue weighted by Gasteiger charge is 2.14. The zero-order chi connectivity index (χ0) is 19.2. The number of rotatable bonds is 7. The van der Waals surface area contributed by atoms with E-state index in [1.165, 1.54) is 0 Å². The molecule has 1 heterocycles. The number of ether oxygens (including phenoxy) is 1. The number of anilines is 1. The highest BCUT2D eigenvalue weighted by Crippen LogP contribution is 2.21. The fourth-order valence-corrected chi connectivity index (χ4v) is 2.74. The van der Waals surface area contributed by atoms with Gasteiger partial charge in [-0.3, -0.25) is 9.89 Å². The lowest BCUT2D eigenvalue weighted by Gasteiger charge is -2.27. The maximum Gasteiger partial charge on any atom is 0.269 e. The second kappa shape index (κ2) is 8.40. The molecule has 2 N–H and O–H groups in total. The fraction of sp³-hybridized carbons (Fsp3) is 0.238. The van der Waals surface area contributed by atoms with E-state index in [-0.39, 0.29) is 11.9 Å². The summed E-state index contributed by atoms with van der Waals surface area (Å²) in [6.07, 6.45) is 0. The van der Waals surface area contributed by atoms with Crippen LogP contribution in [0.5, 0.6) is 5.75 Å². The molecule has 0 unspecified atom stereocenters. The number of nitrogens with zero attached hydrogens (tertiary/aromatic N) is 2. The molecule has 0 saturated heterocycles. The largest absolute Gasteiger partial charge is 0.497 e. The number of benzene rings is 2. The molecule has 1 atom stereocenters. The predicted octanol–water partition coefficient (Wildman–Crippen LogP) is 3.34. The van der Waals surface area contributed by atoms with Gasteiger partial charge in [0.25, 0.3) is 5.91 Å². The van der Waals surface area contributed by atoms with Crippen molar-refractivity contribution in [1.29, 1.82) is 0 Å². The van der Waals surface area contributed by atoms with E-state index in [1.54, 1.807) is 13.2 Å². The van der Waals surface area contributed by atoms with E-state index in [0.717, 1.165) is 22.7 Å². The number of hydrogen-bond donors (Lipinski definition) is 2. The first-order valence-corrected chi connectivity index (χ1v) is 8.84. The number of para-hydroxylation sites is 1. The van der Waals surface area contributed by atoms with Crippen molar-refractivity contribution in [3.8, 4) is 17.0 Å². The zero-order valence-corrected chi connectivity index (χ0v) is 15.8. The monoisotopic (exact) mass is 364 g/mol. The summed E-state index contributed by atoms with van der Waals surface area (Å²) in [6.45, 7) is 2.60. The highest BCUT2D eigenvalue weighted by molar-refractivity contribution is 5.93. The van der Waals surface area contributed by atoms with Gasteiger partial charge in [0.15, 0.2) is 0 Å². The van der Waals surface area contributed by atoms with Gasteiger partial charge in [-0.25, -0.2) is 0 Å². The summed E-state index contributed by atoms with van der Waals surface area (Å²) in [7, 11) is 3.65. The number of amides is 1. The Morgan fingerprint density at radius 3 is 2.56 bits per heavy atom. The zero-order valence-electron chi connectivity index (χ0n) is 15.8. The van der Waals surface area contributed by atoms with Crippen LogP contribution in [-0.4, -0.2) is 42.8 Å². The number of H-pyrrole nitrogens is 1. The quantitative estimate of drug-likeness (QED) is 0.675. The Bertz CT molecular complexity index is 875. The van der Waals surface area contributed by atoms with Crippen molar-refractivity contribution in [2.24, 2.45) is 0 Å². The van der Waals surface area contributed by atoms with E-state index in [9.17, 15) is 4.79 Å². The highest BCUT2D eigenvalue weighted by atomic mass is 16.5. The lowest BCUT2D eigenvalue weighted by Crippen LogP contribution is -2.40. The van der Waals surface area contributed by atoms with Crippen LogP contribution in [0.2, 0.25) is 0 Å². The first-order chi connectivity index (χ1) is 13.1. The van der Waals surface area contributed by atoms with E-state index in [0.29, 0.717) is 12.2 Å². The third-order valence-electron chi connectivity index (χ3n) is 4.59. The van der Waals surface area contributed by atoms with E-state index in [4.69, 9.17) is 4.74 Å². The van der Waals surface area contributed by atoms with Crippen molar-refractivity contribution in [2.75, 3.05) is 25.6 Å². The van der Waals surface area contributed by atoms with Crippen LogP contribution in [0.3, 0.4) is 0 Å². The van der Waals surface area contributed by atoms with Gasteiger partial charge in [0, 0.05) is 30.9 Å². The smallest absolute Gasteiger partial charge is 0.269 e. The minimum Gasteiger partial charge on any atom is -0.497 e. The van der Waals surface area contributed by atoms with Gasteiger partial charge in [-0.15, -0.1) is 0 Å². The molecule has 0 aliphatic carbocycles. The Hall–Kier alpha value is -3.28. The minimum absolute atomic E-state index is 0.153. The van der Waals surface area contributed by atoms with E-state index in [2.05, 4.69) is 27.3 Å². The Morgan fingerprint density at radius 2 is 1.89 bits per heavy atom. The normalized spacial score (nSPS) is 11.7. The molecule has 6 heteroatoms. The van der Waals surface area contributed by atoms with E-state index >= 15 is 0 Å². The van der Waals surface area contributed by atoms with Gasteiger partial charge in [-0.05, 0) is 49.4 Å². The molecule has 0 aliphatic rings. The van der Waals surface area contributed by atoms with Crippen LogP contribution in [0, 0.1) is 0 Å². The van der Waals surface area contributed by atoms with Crippen molar-refractivity contribution in [3.05, 3.63) is 66.4 Å². The Morgan fingerprint density at radius 1 is 1.19 bits per heavy atom. The summed E-state index contributed by atoms with van der Waals surface area (Å²) < 4.78 is 5.16. The summed E-state index contributed by atoms with van der Waals surface area (Å²) in [5, 5.41) is 10.0. The van der Waals surface area contributed by atoms with Crippen LogP contribution in [0.25, 0.3) is 11.3 Å². The predicted molar refractivity (Wildman–Crippen MR) is 107 cm³/mol. The number of aromatic amines is 1. The number of aromatic nitrogens is 2. The minimum atomic E-state index is -0.171. The van der Waals surface area contributed by atoms with Crippen LogP contribution in [0.4, 0.5) is 5.69 Å². The molecule has 3 aromatic rings. The number of methoxy groups -OCH3 is 1. The van der Waals surface area contributed by atoms with Gasteiger partial charge < -0.3 is 15.0 Å². The molecule has 27 heavy (non-hydrogen) atoms. The molecule has 1 amide bonds. The SMILES string of the molecule is COc1ccc(-c2cc(C(=O)NC[C@H](C)N(C)c3ccccc3)[nH]n2)cc1. The molecular weight excluding hydrogens is 340 g/mol. The number of likely N-dealkylation sites (N-methyl/N-ethyl adjacent to an activating group) is 1. The van der Waals surface area contributed by atoms with Crippen molar-refractivity contribution in [3.63, 3.8) is 0 Å². The average Bonchev–Trinajstić information content (AvgIpc) is 3.22. The summed E-state index contributed by atoms with van der Waals surface area (Å²) in [6, 6.07) is 19.6. The average molecular weight is 364 g/mol. The molecule has 3 rings (SSSR count). The number of carbonyl (C=O) groups is 1. The number of nitrogens with one attached hydrogen (secondary N) is 2. The van der Waals surface area contributed by atoms with Crippen molar-refractivity contribution < 1.29 is 9.53 Å². The molecule has 0 fully saturated rings. The second-order valence-corrected chi connectivity index (χ2v) is 6.40. The molecule has 0 bridgehead atoms.